The number of ether oxygens (including phenoxy) is 1. The van der Waals surface area contributed by atoms with Crippen molar-refractivity contribution < 1.29 is 14.3 Å². The number of amides is 2. The van der Waals surface area contributed by atoms with Crippen LogP contribution in [0.3, 0.4) is 0 Å². The predicted molar refractivity (Wildman–Crippen MR) is 97.9 cm³/mol. The van der Waals surface area contributed by atoms with Gasteiger partial charge in [0.1, 0.15) is 5.60 Å². The summed E-state index contributed by atoms with van der Waals surface area (Å²) in [7, 11) is 0. The standard InChI is InChI=1S/C20H19ClN2O3/c21-16-6-3-5-14(10-16)19(25)22-11-18(24)23-9-8-20(13-23)17-7-2-1-4-15(17)12-26-20/h1-7,10H,8-9,11-13H2,(H,22,25). The van der Waals surface area contributed by atoms with Crippen LogP contribution in [0.25, 0.3) is 0 Å². The van der Waals surface area contributed by atoms with Crippen molar-refractivity contribution in [2.24, 2.45) is 0 Å². The minimum Gasteiger partial charge on any atom is -0.364 e. The van der Waals surface area contributed by atoms with Crippen molar-refractivity contribution >= 4 is 23.4 Å². The molecule has 1 saturated heterocycles. The van der Waals surface area contributed by atoms with E-state index >= 15 is 0 Å². The molecule has 6 heteroatoms. The molecule has 1 spiro atoms. The zero-order valence-corrected chi connectivity index (χ0v) is 15.0. The molecular weight excluding hydrogens is 352 g/mol. The fraction of sp³-hybridized carbons (Fsp3) is 0.300. The first-order chi connectivity index (χ1) is 12.6. The zero-order valence-electron chi connectivity index (χ0n) is 14.2. The van der Waals surface area contributed by atoms with Gasteiger partial charge in [0.15, 0.2) is 0 Å². The van der Waals surface area contributed by atoms with Crippen LogP contribution in [0, 0.1) is 0 Å². The van der Waals surface area contributed by atoms with E-state index in [0.29, 0.717) is 30.3 Å². The summed E-state index contributed by atoms with van der Waals surface area (Å²) in [5, 5.41) is 3.16. The fourth-order valence-corrected chi connectivity index (χ4v) is 3.91. The molecule has 0 aliphatic carbocycles. The van der Waals surface area contributed by atoms with Crippen LogP contribution >= 0.6 is 11.6 Å². The van der Waals surface area contributed by atoms with Crippen LogP contribution < -0.4 is 5.32 Å². The van der Waals surface area contributed by atoms with E-state index in [0.717, 1.165) is 6.42 Å². The van der Waals surface area contributed by atoms with Crippen molar-refractivity contribution in [1.29, 1.82) is 0 Å². The van der Waals surface area contributed by atoms with Crippen LogP contribution in [0.2, 0.25) is 5.02 Å². The number of carbonyl (C=O) groups excluding carboxylic acids is 2. The van der Waals surface area contributed by atoms with Gasteiger partial charge in [-0.15, -0.1) is 0 Å². The van der Waals surface area contributed by atoms with E-state index in [9.17, 15) is 9.59 Å². The van der Waals surface area contributed by atoms with Crippen molar-refractivity contribution in [3.8, 4) is 0 Å². The Bertz CT molecular complexity index is 870. The second-order valence-corrected chi connectivity index (χ2v) is 7.13. The number of rotatable bonds is 3. The van der Waals surface area contributed by atoms with Gasteiger partial charge in [-0.1, -0.05) is 41.9 Å². The highest BCUT2D eigenvalue weighted by Gasteiger charge is 2.46. The third kappa shape index (κ3) is 3.08. The Morgan fingerprint density at radius 2 is 2.04 bits per heavy atom. The smallest absolute Gasteiger partial charge is 0.251 e. The van der Waals surface area contributed by atoms with E-state index in [1.54, 1.807) is 29.2 Å². The minimum atomic E-state index is -0.400. The predicted octanol–water partition coefficient (Wildman–Crippen LogP) is 2.73. The Labute approximate surface area is 156 Å². The van der Waals surface area contributed by atoms with Crippen LogP contribution in [0.5, 0.6) is 0 Å². The number of benzene rings is 2. The van der Waals surface area contributed by atoms with Crippen molar-refractivity contribution in [2.75, 3.05) is 19.6 Å². The average Bonchev–Trinajstić information content (AvgIpc) is 3.25. The van der Waals surface area contributed by atoms with Crippen molar-refractivity contribution in [3.05, 3.63) is 70.2 Å². The van der Waals surface area contributed by atoms with Gasteiger partial charge in [0, 0.05) is 17.1 Å². The van der Waals surface area contributed by atoms with Gasteiger partial charge in [0.05, 0.1) is 19.7 Å². The zero-order chi connectivity index (χ0) is 18.1. The summed E-state index contributed by atoms with van der Waals surface area (Å²) in [4.78, 5) is 26.5. The molecular formula is C20H19ClN2O3. The van der Waals surface area contributed by atoms with Gasteiger partial charge in [-0.2, -0.15) is 0 Å². The van der Waals surface area contributed by atoms with Crippen LogP contribution in [0.4, 0.5) is 0 Å². The van der Waals surface area contributed by atoms with E-state index in [2.05, 4.69) is 17.4 Å². The van der Waals surface area contributed by atoms with Crippen LogP contribution in [0.15, 0.2) is 48.5 Å². The summed E-state index contributed by atoms with van der Waals surface area (Å²) in [5.41, 5.74) is 2.41. The molecule has 1 fully saturated rings. The Morgan fingerprint density at radius 1 is 1.19 bits per heavy atom. The van der Waals surface area contributed by atoms with Crippen LogP contribution in [-0.4, -0.2) is 36.3 Å². The summed E-state index contributed by atoms with van der Waals surface area (Å²) < 4.78 is 6.06. The van der Waals surface area contributed by atoms with Gasteiger partial charge < -0.3 is 15.0 Å². The number of carbonyl (C=O) groups is 2. The normalized spacial score (nSPS) is 21.0. The second-order valence-electron chi connectivity index (χ2n) is 6.70. The molecule has 0 bridgehead atoms. The van der Waals surface area contributed by atoms with E-state index in [1.807, 2.05) is 12.1 Å². The summed E-state index contributed by atoms with van der Waals surface area (Å²) >= 11 is 5.90. The summed E-state index contributed by atoms with van der Waals surface area (Å²) in [6.45, 7) is 1.70. The van der Waals surface area contributed by atoms with E-state index < -0.39 is 5.60 Å². The number of nitrogens with one attached hydrogen (secondary N) is 1. The Morgan fingerprint density at radius 3 is 2.88 bits per heavy atom. The lowest BCUT2D eigenvalue weighted by molar-refractivity contribution is -0.130. The van der Waals surface area contributed by atoms with Crippen molar-refractivity contribution in [2.45, 2.75) is 18.6 Å². The maximum Gasteiger partial charge on any atom is 0.251 e. The third-order valence-corrected chi connectivity index (χ3v) is 5.32. The van der Waals surface area contributed by atoms with Gasteiger partial charge >= 0.3 is 0 Å². The van der Waals surface area contributed by atoms with Gasteiger partial charge in [0.25, 0.3) is 5.91 Å². The number of hydrogen-bond acceptors (Lipinski definition) is 3. The van der Waals surface area contributed by atoms with E-state index in [-0.39, 0.29) is 18.4 Å². The molecule has 2 aliphatic heterocycles. The molecule has 1 unspecified atom stereocenters. The fourth-order valence-electron chi connectivity index (χ4n) is 3.72. The highest BCUT2D eigenvalue weighted by atomic mass is 35.5. The van der Waals surface area contributed by atoms with Crippen LogP contribution in [0.1, 0.15) is 27.9 Å². The molecule has 2 heterocycles. The molecule has 26 heavy (non-hydrogen) atoms. The van der Waals surface area contributed by atoms with E-state index in [4.69, 9.17) is 16.3 Å². The number of nitrogens with zero attached hydrogens (tertiary/aromatic N) is 1. The maximum absolute atomic E-state index is 12.5. The number of halogens is 1. The summed E-state index contributed by atoms with van der Waals surface area (Å²) in [6, 6.07) is 14.8. The molecule has 0 radical (unpaired) electrons. The topological polar surface area (TPSA) is 58.6 Å². The Kier molecular flexibility index (Phi) is 4.42. The molecule has 2 amide bonds. The molecule has 0 aromatic heterocycles. The van der Waals surface area contributed by atoms with Gasteiger partial charge in [-0.25, -0.2) is 0 Å². The average molecular weight is 371 g/mol. The molecule has 134 valence electrons. The quantitative estimate of drug-likeness (QED) is 0.903. The first kappa shape index (κ1) is 17.1. The number of likely N-dealkylation sites (tertiary alicyclic amines) is 1. The Hall–Kier alpha value is -2.37. The highest BCUT2D eigenvalue weighted by Crippen LogP contribution is 2.43. The van der Waals surface area contributed by atoms with E-state index in [1.165, 1.54) is 11.1 Å². The van der Waals surface area contributed by atoms with Gasteiger partial charge in [-0.3, -0.25) is 9.59 Å². The largest absolute Gasteiger partial charge is 0.364 e. The molecule has 5 nitrogen and oxygen atoms in total. The lowest BCUT2D eigenvalue weighted by atomic mass is 9.92. The van der Waals surface area contributed by atoms with Gasteiger partial charge in [-0.05, 0) is 35.7 Å². The van der Waals surface area contributed by atoms with Crippen LogP contribution in [-0.2, 0) is 21.7 Å². The molecule has 1 atom stereocenters. The first-order valence-electron chi connectivity index (χ1n) is 8.61. The summed E-state index contributed by atoms with van der Waals surface area (Å²) in [5.74, 6) is -0.414. The Balaban J connectivity index is 1.38. The minimum absolute atomic E-state index is 0.0386. The second kappa shape index (κ2) is 6.74. The molecule has 0 saturated carbocycles. The van der Waals surface area contributed by atoms with Crippen molar-refractivity contribution in [3.63, 3.8) is 0 Å². The lowest BCUT2D eigenvalue weighted by Gasteiger charge is -2.24. The molecule has 2 aromatic carbocycles. The SMILES string of the molecule is O=C(NCC(=O)N1CCC2(C1)OCc1ccccc12)c1cccc(Cl)c1. The number of fused-ring (bicyclic) bond motifs is 2. The molecule has 2 aromatic rings. The maximum atomic E-state index is 12.5. The molecule has 1 N–H and O–H groups in total. The monoisotopic (exact) mass is 370 g/mol. The summed E-state index contributed by atoms with van der Waals surface area (Å²) in [6.07, 6.45) is 0.776. The van der Waals surface area contributed by atoms with Gasteiger partial charge in [0.2, 0.25) is 5.91 Å². The number of hydrogen-bond donors (Lipinski definition) is 1. The molecule has 4 rings (SSSR count). The third-order valence-electron chi connectivity index (χ3n) is 5.08. The lowest BCUT2D eigenvalue weighted by Crippen LogP contribution is -2.40. The molecule has 2 aliphatic rings. The highest BCUT2D eigenvalue weighted by molar-refractivity contribution is 6.30. The first-order valence-corrected chi connectivity index (χ1v) is 8.99. The van der Waals surface area contributed by atoms with Crippen molar-refractivity contribution in [1.82, 2.24) is 10.2 Å².